The van der Waals surface area contributed by atoms with Crippen LogP contribution in [-0.2, 0) is 23.2 Å². The number of ether oxygens (including phenoxy) is 1. The van der Waals surface area contributed by atoms with E-state index in [4.69, 9.17) is 4.74 Å². The summed E-state index contributed by atoms with van der Waals surface area (Å²) in [5.41, 5.74) is 3.17. The van der Waals surface area contributed by atoms with Crippen LogP contribution in [0.3, 0.4) is 0 Å². The molecule has 0 radical (unpaired) electrons. The average molecular weight is 305 g/mol. The summed E-state index contributed by atoms with van der Waals surface area (Å²) in [6.07, 6.45) is 0.0465. The Kier molecular flexibility index (Phi) is 5.14. The quantitative estimate of drug-likeness (QED) is 0.912. The second-order valence-corrected chi connectivity index (χ2v) is 7.21. The van der Waals surface area contributed by atoms with Crippen LogP contribution in [0, 0.1) is 0 Å². The summed E-state index contributed by atoms with van der Waals surface area (Å²) in [7, 11) is 1.68. The van der Waals surface area contributed by atoms with Crippen molar-refractivity contribution < 1.29 is 9.84 Å². The third-order valence-electron chi connectivity index (χ3n) is 3.36. The summed E-state index contributed by atoms with van der Waals surface area (Å²) in [6, 6.07) is 7.89. The Morgan fingerprint density at radius 1 is 1.24 bits per heavy atom. The Labute approximate surface area is 130 Å². The number of rotatable bonds is 5. The zero-order valence-corrected chi connectivity index (χ0v) is 13.9. The molecule has 0 aliphatic rings. The summed E-state index contributed by atoms with van der Waals surface area (Å²) in [4.78, 5) is 4.63. The molecule has 0 bridgehead atoms. The Balaban J connectivity index is 2.03. The summed E-state index contributed by atoms with van der Waals surface area (Å²) in [5.74, 6) is 0. The molecular formula is C17H23NO2S. The lowest BCUT2D eigenvalue weighted by Gasteiger charge is -2.14. The third-order valence-corrected chi connectivity index (χ3v) is 4.23. The van der Waals surface area contributed by atoms with Crippen LogP contribution >= 0.6 is 11.3 Å². The van der Waals surface area contributed by atoms with Crippen molar-refractivity contribution in [1.82, 2.24) is 4.98 Å². The van der Waals surface area contributed by atoms with Gasteiger partial charge in [0.25, 0.3) is 0 Å². The van der Waals surface area contributed by atoms with E-state index in [0.717, 1.165) is 21.8 Å². The van der Waals surface area contributed by atoms with Crippen LogP contribution in [0.25, 0.3) is 0 Å². The van der Waals surface area contributed by atoms with E-state index in [1.165, 1.54) is 0 Å². The molecule has 1 aromatic carbocycles. The molecule has 2 aromatic rings. The predicted molar refractivity (Wildman–Crippen MR) is 86.6 cm³/mol. The molecule has 21 heavy (non-hydrogen) atoms. The maximum Gasteiger partial charge on any atom is 0.0957 e. The van der Waals surface area contributed by atoms with Crippen molar-refractivity contribution in [2.75, 3.05) is 7.11 Å². The number of methoxy groups -OCH3 is 1. The topological polar surface area (TPSA) is 42.4 Å². The highest BCUT2D eigenvalue weighted by molar-refractivity contribution is 7.09. The molecule has 4 heteroatoms. The van der Waals surface area contributed by atoms with Gasteiger partial charge in [-0.1, -0.05) is 45.0 Å². The van der Waals surface area contributed by atoms with Crippen LogP contribution in [0.2, 0.25) is 0 Å². The van der Waals surface area contributed by atoms with E-state index >= 15 is 0 Å². The van der Waals surface area contributed by atoms with Crippen molar-refractivity contribution in [3.05, 3.63) is 51.5 Å². The smallest absolute Gasteiger partial charge is 0.0957 e. The lowest BCUT2D eigenvalue weighted by atomic mass is 9.93. The van der Waals surface area contributed by atoms with E-state index < -0.39 is 6.10 Å². The van der Waals surface area contributed by atoms with Gasteiger partial charge in [-0.3, -0.25) is 0 Å². The van der Waals surface area contributed by atoms with Gasteiger partial charge in [0.15, 0.2) is 0 Å². The van der Waals surface area contributed by atoms with Gasteiger partial charge in [0.2, 0.25) is 0 Å². The molecule has 3 nitrogen and oxygen atoms in total. The Morgan fingerprint density at radius 3 is 2.43 bits per heavy atom. The lowest BCUT2D eigenvalue weighted by molar-refractivity contribution is 0.177. The highest BCUT2D eigenvalue weighted by Gasteiger charge is 2.18. The number of benzene rings is 1. The number of thiazole rings is 1. The van der Waals surface area contributed by atoms with Crippen molar-refractivity contribution in [2.45, 2.75) is 45.3 Å². The van der Waals surface area contributed by atoms with Crippen LogP contribution < -0.4 is 0 Å². The Morgan fingerprint density at radius 2 is 1.90 bits per heavy atom. The van der Waals surface area contributed by atoms with Crippen molar-refractivity contribution in [1.29, 1.82) is 0 Å². The minimum Gasteiger partial charge on any atom is -0.388 e. The monoisotopic (exact) mass is 305 g/mol. The van der Waals surface area contributed by atoms with Gasteiger partial charge in [-0.25, -0.2) is 4.98 Å². The second-order valence-electron chi connectivity index (χ2n) is 6.27. The molecule has 0 aliphatic heterocycles. The fourth-order valence-electron chi connectivity index (χ4n) is 2.04. The van der Waals surface area contributed by atoms with Crippen LogP contribution in [0.5, 0.6) is 0 Å². The van der Waals surface area contributed by atoms with E-state index in [9.17, 15) is 5.11 Å². The molecule has 1 N–H and O–H groups in total. The number of aliphatic hydroxyl groups is 1. The summed E-state index contributed by atoms with van der Waals surface area (Å²) in [5, 5.41) is 13.4. The van der Waals surface area contributed by atoms with Gasteiger partial charge < -0.3 is 9.84 Å². The highest BCUT2D eigenvalue weighted by Crippen LogP contribution is 2.26. The van der Waals surface area contributed by atoms with Crippen molar-refractivity contribution in [2.24, 2.45) is 0 Å². The number of hydrogen-bond donors (Lipinski definition) is 1. The fraction of sp³-hybridized carbons (Fsp3) is 0.471. The van der Waals surface area contributed by atoms with Crippen LogP contribution in [0.1, 0.15) is 48.7 Å². The summed E-state index contributed by atoms with van der Waals surface area (Å²) in [6.45, 7) is 7.04. The zero-order valence-electron chi connectivity index (χ0n) is 13.1. The number of aliphatic hydroxyl groups excluding tert-OH is 1. The van der Waals surface area contributed by atoms with Gasteiger partial charge in [-0.15, -0.1) is 11.3 Å². The first-order chi connectivity index (χ1) is 9.90. The molecule has 0 saturated heterocycles. The molecule has 0 amide bonds. The predicted octanol–water partition coefficient (Wildman–Crippen LogP) is 3.86. The van der Waals surface area contributed by atoms with Gasteiger partial charge in [-0.2, -0.15) is 0 Å². The van der Waals surface area contributed by atoms with Crippen LogP contribution in [0.15, 0.2) is 29.6 Å². The van der Waals surface area contributed by atoms with Gasteiger partial charge >= 0.3 is 0 Å². The largest absolute Gasteiger partial charge is 0.388 e. The zero-order chi connectivity index (χ0) is 15.5. The first-order valence-corrected chi connectivity index (χ1v) is 7.99. The normalized spacial score (nSPS) is 13.4. The molecule has 0 spiro atoms. The minimum atomic E-state index is -0.513. The van der Waals surface area contributed by atoms with Crippen molar-refractivity contribution in [3.8, 4) is 0 Å². The van der Waals surface area contributed by atoms with Gasteiger partial charge in [0.1, 0.15) is 0 Å². The number of hydrogen-bond acceptors (Lipinski definition) is 4. The SMILES string of the molecule is COCc1ccc(C(O)Cc2nc(C(C)(C)C)cs2)cc1. The highest BCUT2D eigenvalue weighted by atomic mass is 32.1. The van der Waals surface area contributed by atoms with Crippen LogP contribution in [0.4, 0.5) is 0 Å². The van der Waals surface area contributed by atoms with E-state index in [0.29, 0.717) is 13.0 Å². The van der Waals surface area contributed by atoms with E-state index in [1.54, 1.807) is 18.4 Å². The van der Waals surface area contributed by atoms with Crippen LogP contribution in [-0.4, -0.2) is 17.2 Å². The Hall–Kier alpha value is -1.23. The first kappa shape index (κ1) is 16.1. The first-order valence-electron chi connectivity index (χ1n) is 7.11. The van der Waals surface area contributed by atoms with Crippen molar-refractivity contribution in [3.63, 3.8) is 0 Å². The molecule has 1 heterocycles. The standard InChI is InChI=1S/C17H23NO2S/c1-17(2,3)15-11-21-16(18-15)9-14(19)13-7-5-12(6-8-13)10-20-4/h5-8,11,14,19H,9-10H2,1-4H3. The molecule has 2 rings (SSSR count). The molecule has 0 saturated carbocycles. The number of aromatic nitrogens is 1. The van der Waals surface area contributed by atoms with Gasteiger partial charge in [0, 0.05) is 24.3 Å². The third kappa shape index (κ3) is 4.37. The second kappa shape index (κ2) is 6.69. The van der Waals surface area contributed by atoms with Gasteiger partial charge in [-0.05, 0) is 11.1 Å². The van der Waals surface area contributed by atoms with Gasteiger partial charge in [0.05, 0.1) is 23.4 Å². The van der Waals surface area contributed by atoms with E-state index in [-0.39, 0.29) is 5.41 Å². The molecule has 0 fully saturated rings. The summed E-state index contributed by atoms with van der Waals surface area (Å²) < 4.78 is 5.09. The maximum absolute atomic E-state index is 10.3. The number of nitrogens with zero attached hydrogens (tertiary/aromatic N) is 1. The maximum atomic E-state index is 10.3. The Bertz CT molecular complexity index is 569. The molecule has 114 valence electrons. The molecule has 1 unspecified atom stereocenters. The fourth-order valence-corrected chi connectivity index (χ4v) is 3.09. The van der Waals surface area contributed by atoms with E-state index in [2.05, 4.69) is 31.1 Å². The molecule has 0 aliphatic carbocycles. The molecule has 1 atom stereocenters. The molecular weight excluding hydrogens is 282 g/mol. The average Bonchev–Trinajstić information content (AvgIpc) is 2.88. The summed E-state index contributed by atoms with van der Waals surface area (Å²) >= 11 is 1.62. The van der Waals surface area contributed by atoms with Crippen molar-refractivity contribution >= 4 is 11.3 Å². The molecule has 1 aromatic heterocycles. The lowest BCUT2D eigenvalue weighted by Crippen LogP contribution is -2.12. The van der Waals surface area contributed by atoms with E-state index in [1.807, 2.05) is 24.3 Å². The minimum absolute atomic E-state index is 0.0570.